The summed E-state index contributed by atoms with van der Waals surface area (Å²) in [5, 5.41) is 0. The molecule has 2 unspecified atom stereocenters. The molecule has 0 N–H and O–H groups in total. The Morgan fingerprint density at radius 3 is 2.93 bits per heavy atom. The van der Waals surface area contributed by atoms with E-state index in [0.717, 1.165) is 5.76 Å². The van der Waals surface area contributed by atoms with Crippen LogP contribution in [0.3, 0.4) is 0 Å². The van der Waals surface area contributed by atoms with Crippen molar-refractivity contribution in [3.05, 3.63) is 23.7 Å². The molecule has 0 spiro atoms. The molecule has 1 aromatic rings. The molecule has 2 rings (SSSR count). The van der Waals surface area contributed by atoms with E-state index in [-0.39, 0.29) is 0 Å². The van der Waals surface area contributed by atoms with Gasteiger partial charge >= 0.3 is 5.97 Å². The van der Waals surface area contributed by atoms with Gasteiger partial charge in [0.2, 0.25) is 0 Å². The first-order valence-electron chi connectivity index (χ1n) is 4.53. The molecule has 0 bridgehead atoms. The molecule has 0 saturated carbocycles. The van der Waals surface area contributed by atoms with Crippen LogP contribution >= 0.6 is 0 Å². The number of rotatable bonds is 2. The monoisotopic (exact) mass is 209 g/mol. The van der Waals surface area contributed by atoms with Crippen molar-refractivity contribution in [2.24, 2.45) is 4.99 Å². The number of carbonyl (C=O) groups is 1. The van der Waals surface area contributed by atoms with Gasteiger partial charge in [-0.2, -0.15) is 0 Å². The number of aliphatic imine (C=N–C) groups is 1. The summed E-state index contributed by atoms with van der Waals surface area (Å²) < 4.78 is 15.2. The van der Waals surface area contributed by atoms with Crippen LogP contribution in [0.5, 0.6) is 0 Å². The highest BCUT2D eigenvalue weighted by Crippen LogP contribution is 2.28. The third kappa shape index (κ3) is 1.72. The molecule has 0 aliphatic carbocycles. The minimum Gasteiger partial charge on any atom is -0.469 e. The number of carbonyl (C=O) groups excluding carboxylic acids is 1. The second kappa shape index (κ2) is 3.76. The Balaban J connectivity index is 2.20. The lowest BCUT2D eigenvalue weighted by Gasteiger charge is -2.12. The van der Waals surface area contributed by atoms with E-state index in [2.05, 4.69) is 9.73 Å². The van der Waals surface area contributed by atoms with Crippen LogP contribution in [0.15, 0.2) is 21.5 Å². The van der Waals surface area contributed by atoms with Crippen molar-refractivity contribution >= 4 is 12.4 Å². The molecule has 80 valence electrons. The van der Waals surface area contributed by atoms with E-state index < -0.39 is 18.1 Å². The van der Waals surface area contributed by atoms with Crippen molar-refractivity contribution in [1.29, 1.82) is 0 Å². The maximum atomic E-state index is 11.3. The van der Waals surface area contributed by atoms with Gasteiger partial charge in [-0.1, -0.05) is 0 Å². The smallest absolute Gasteiger partial charge is 0.335 e. The first-order valence-corrected chi connectivity index (χ1v) is 4.53. The number of hydrogen-bond acceptors (Lipinski definition) is 5. The summed E-state index contributed by atoms with van der Waals surface area (Å²) in [5.41, 5.74) is 0. The van der Waals surface area contributed by atoms with Crippen molar-refractivity contribution in [3.8, 4) is 0 Å². The Morgan fingerprint density at radius 2 is 2.33 bits per heavy atom. The second-order valence-corrected chi connectivity index (χ2v) is 3.23. The molecule has 0 fully saturated rings. The van der Waals surface area contributed by atoms with Gasteiger partial charge in [-0.15, -0.1) is 0 Å². The van der Waals surface area contributed by atoms with Crippen LogP contribution in [0, 0.1) is 6.92 Å². The van der Waals surface area contributed by atoms with Crippen LogP contribution in [0.4, 0.5) is 0 Å². The van der Waals surface area contributed by atoms with Crippen LogP contribution in [-0.4, -0.2) is 25.5 Å². The average molecular weight is 209 g/mol. The number of furan rings is 1. The number of nitrogens with zero attached hydrogens (tertiary/aromatic N) is 1. The van der Waals surface area contributed by atoms with Crippen LogP contribution in [0.1, 0.15) is 17.6 Å². The minimum absolute atomic E-state index is 0.428. The zero-order chi connectivity index (χ0) is 10.8. The van der Waals surface area contributed by atoms with Gasteiger partial charge in [-0.3, -0.25) is 0 Å². The van der Waals surface area contributed by atoms with Gasteiger partial charge in [0.05, 0.1) is 7.11 Å². The van der Waals surface area contributed by atoms with E-state index in [9.17, 15) is 4.79 Å². The Bertz CT molecular complexity index is 396. The molecule has 0 radical (unpaired) electrons. The molecular weight excluding hydrogens is 198 g/mol. The molecule has 5 heteroatoms. The van der Waals surface area contributed by atoms with Gasteiger partial charge in [0.1, 0.15) is 11.5 Å². The van der Waals surface area contributed by atoms with Crippen LogP contribution in [0.2, 0.25) is 0 Å². The van der Waals surface area contributed by atoms with Gasteiger partial charge in [0.15, 0.2) is 18.5 Å². The molecule has 1 aliphatic heterocycles. The normalized spacial score (nSPS) is 23.9. The standard InChI is InChI=1S/C10H11NO4/c1-6-3-4-7(15-6)9-8(10(12)13-2)11-5-14-9/h3-5,8-9H,1-2H3. The lowest BCUT2D eigenvalue weighted by Crippen LogP contribution is -2.24. The van der Waals surface area contributed by atoms with E-state index >= 15 is 0 Å². The van der Waals surface area contributed by atoms with Crippen molar-refractivity contribution in [2.45, 2.75) is 19.1 Å². The maximum absolute atomic E-state index is 11.3. The van der Waals surface area contributed by atoms with Crippen LogP contribution < -0.4 is 0 Å². The fourth-order valence-corrected chi connectivity index (χ4v) is 1.45. The number of methoxy groups -OCH3 is 1. The molecule has 0 amide bonds. The predicted molar refractivity (Wildman–Crippen MR) is 51.6 cm³/mol. The molecule has 2 heterocycles. The van der Waals surface area contributed by atoms with Crippen molar-refractivity contribution in [2.75, 3.05) is 7.11 Å². The number of aryl methyl sites for hydroxylation is 1. The molecule has 2 atom stereocenters. The van der Waals surface area contributed by atoms with Crippen molar-refractivity contribution in [1.82, 2.24) is 0 Å². The first kappa shape index (κ1) is 9.76. The Labute approximate surface area is 86.7 Å². The number of hydrogen-bond donors (Lipinski definition) is 0. The summed E-state index contributed by atoms with van der Waals surface area (Å²) in [7, 11) is 1.32. The topological polar surface area (TPSA) is 61.0 Å². The largest absolute Gasteiger partial charge is 0.469 e. The highest BCUT2D eigenvalue weighted by atomic mass is 16.5. The van der Waals surface area contributed by atoms with E-state index in [1.54, 1.807) is 6.07 Å². The molecule has 15 heavy (non-hydrogen) atoms. The lowest BCUT2D eigenvalue weighted by atomic mass is 10.1. The Hall–Kier alpha value is -1.78. The van der Waals surface area contributed by atoms with Gasteiger partial charge in [0.25, 0.3) is 0 Å². The van der Waals surface area contributed by atoms with Gasteiger partial charge in [-0.05, 0) is 19.1 Å². The highest BCUT2D eigenvalue weighted by Gasteiger charge is 2.36. The summed E-state index contributed by atoms with van der Waals surface area (Å²) in [6, 6.07) is 2.91. The summed E-state index contributed by atoms with van der Waals surface area (Å²) in [6.07, 6.45) is 0.746. The van der Waals surface area contributed by atoms with E-state index in [4.69, 9.17) is 9.15 Å². The SMILES string of the molecule is COC(=O)C1N=COC1c1ccc(C)o1. The summed E-state index contributed by atoms with van der Waals surface area (Å²) >= 11 is 0. The third-order valence-electron chi connectivity index (χ3n) is 2.20. The van der Waals surface area contributed by atoms with Crippen LogP contribution in [0.25, 0.3) is 0 Å². The van der Waals surface area contributed by atoms with Gasteiger partial charge in [0, 0.05) is 0 Å². The molecule has 5 nitrogen and oxygen atoms in total. The number of ether oxygens (including phenoxy) is 2. The highest BCUT2D eigenvalue weighted by molar-refractivity contribution is 5.79. The van der Waals surface area contributed by atoms with Crippen molar-refractivity contribution < 1.29 is 18.7 Å². The van der Waals surface area contributed by atoms with Crippen molar-refractivity contribution in [3.63, 3.8) is 0 Å². The average Bonchev–Trinajstić information content (AvgIpc) is 2.84. The first-order chi connectivity index (χ1) is 7.22. The molecule has 0 saturated heterocycles. The van der Waals surface area contributed by atoms with Gasteiger partial charge in [-0.25, -0.2) is 9.79 Å². The molecule has 1 aromatic heterocycles. The predicted octanol–water partition coefficient (Wildman–Crippen LogP) is 1.23. The quantitative estimate of drug-likeness (QED) is 0.687. The molecule has 0 aromatic carbocycles. The van der Waals surface area contributed by atoms with E-state index in [1.807, 2.05) is 13.0 Å². The molecule has 1 aliphatic rings. The lowest BCUT2D eigenvalue weighted by molar-refractivity contribution is -0.144. The summed E-state index contributed by atoms with van der Waals surface area (Å²) in [5.74, 6) is 0.923. The Morgan fingerprint density at radius 1 is 1.53 bits per heavy atom. The Kier molecular flexibility index (Phi) is 2.45. The zero-order valence-corrected chi connectivity index (χ0v) is 8.47. The fraction of sp³-hybridized carbons (Fsp3) is 0.400. The molecular formula is C10H11NO4. The van der Waals surface area contributed by atoms with Gasteiger partial charge < -0.3 is 13.9 Å². The maximum Gasteiger partial charge on any atom is 0.335 e. The second-order valence-electron chi connectivity index (χ2n) is 3.23. The number of esters is 1. The zero-order valence-electron chi connectivity index (χ0n) is 8.47. The fourth-order valence-electron chi connectivity index (χ4n) is 1.45. The van der Waals surface area contributed by atoms with E-state index in [0.29, 0.717) is 5.76 Å². The summed E-state index contributed by atoms with van der Waals surface area (Å²) in [6.45, 7) is 1.83. The van der Waals surface area contributed by atoms with Crippen LogP contribution in [-0.2, 0) is 14.3 Å². The third-order valence-corrected chi connectivity index (χ3v) is 2.20. The minimum atomic E-state index is -0.666. The van der Waals surface area contributed by atoms with E-state index in [1.165, 1.54) is 13.5 Å². The summed E-state index contributed by atoms with van der Waals surface area (Å²) in [4.78, 5) is 15.2.